The molecule has 1 aliphatic rings. The first-order valence-electron chi connectivity index (χ1n) is 7.28. The molecule has 0 aliphatic heterocycles. The molecule has 0 fully saturated rings. The van der Waals surface area contributed by atoms with Crippen LogP contribution in [0.5, 0.6) is 0 Å². The number of benzene rings is 1. The molecule has 0 spiro atoms. The SMILES string of the molecule is COC1=CC[C@@H](CNC(=O)CNc2cccc(Cl)c2C)C=C1. The summed E-state index contributed by atoms with van der Waals surface area (Å²) in [4.78, 5) is 11.9. The maximum atomic E-state index is 11.9. The Morgan fingerprint density at radius 3 is 2.95 bits per heavy atom. The zero-order chi connectivity index (χ0) is 15.9. The highest BCUT2D eigenvalue weighted by atomic mass is 35.5. The Bertz CT molecular complexity index is 596. The van der Waals surface area contributed by atoms with Crippen LogP contribution in [0.4, 0.5) is 5.69 Å². The van der Waals surface area contributed by atoms with E-state index in [1.807, 2.05) is 37.3 Å². The number of ether oxygens (including phenoxy) is 1. The summed E-state index contributed by atoms with van der Waals surface area (Å²) in [5.41, 5.74) is 1.83. The third-order valence-corrected chi connectivity index (χ3v) is 4.07. The second-order valence-corrected chi connectivity index (χ2v) is 5.64. The van der Waals surface area contributed by atoms with Crippen molar-refractivity contribution in [2.24, 2.45) is 5.92 Å². The molecule has 0 aromatic heterocycles. The van der Waals surface area contributed by atoms with Crippen molar-refractivity contribution in [3.63, 3.8) is 0 Å². The van der Waals surface area contributed by atoms with Crippen molar-refractivity contribution in [3.05, 3.63) is 52.8 Å². The van der Waals surface area contributed by atoms with Crippen LogP contribution in [-0.2, 0) is 9.53 Å². The molecule has 0 unspecified atom stereocenters. The van der Waals surface area contributed by atoms with Gasteiger partial charge in [-0.15, -0.1) is 0 Å². The number of amides is 1. The largest absolute Gasteiger partial charge is 0.497 e. The molecule has 1 aliphatic carbocycles. The first-order valence-corrected chi connectivity index (χ1v) is 7.66. The molecule has 0 saturated heterocycles. The van der Waals surface area contributed by atoms with Gasteiger partial charge in [-0.05, 0) is 49.1 Å². The Morgan fingerprint density at radius 1 is 1.45 bits per heavy atom. The van der Waals surface area contributed by atoms with Crippen molar-refractivity contribution in [1.29, 1.82) is 0 Å². The Morgan fingerprint density at radius 2 is 2.27 bits per heavy atom. The van der Waals surface area contributed by atoms with E-state index in [9.17, 15) is 4.79 Å². The molecule has 0 bridgehead atoms. The molecule has 5 heteroatoms. The number of rotatable bonds is 6. The van der Waals surface area contributed by atoms with E-state index in [0.717, 1.165) is 23.4 Å². The summed E-state index contributed by atoms with van der Waals surface area (Å²) in [6, 6.07) is 5.61. The van der Waals surface area contributed by atoms with E-state index < -0.39 is 0 Å². The molecule has 0 radical (unpaired) electrons. The lowest BCUT2D eigenvalue weighted by Crippen LogP contribution is -2.33. The highest BCUT2D eigenvalue weighted by molar-refractivity contribution is 6.31. The topological polar surface area (TPSA) is 50.4 Å². The molecule has 2 rings (SSSR count). The number of hydrogen-bond acceptors (Lipinski definition) is 3. The summed E-state index contributed by atoms with van der Waals surface area (Å²) in [7, 11) is 1.65. The Labute approximate surface area is 136 Å². The molecule has 118 valence electrons. The highest BCUT2D eigenvalue weighted by Gasteiger charge is 2.11. The maximum absolute atomic E-state index is 11.9. The average Bonchev–Trinajstić information content (AvgIpc) is 2.54. The van der Waals surface area contributed by atoms with Crippen LogP contribution < -0.4 is 10.6 Å². The fraction of sp³-hybridized carbons (Fsp3) is 0.353. The van der Waals surface area contributed by atoms with E-state index in [1.165, 1.54) is 0 Å². The van der Waals surface area contributed by atoms with Gasteiger partial charge in [0, 0.05) is 17.3 Å². The molecule has 1 aromatic rings. The summed E-state index contributed by atoms with van der Waals surface area (Å²) in [5, 5.41) is 6.74. The summed E-state index contributed by atoms with van der Waals surface area (Å²) in [5.74, 6) is 1.16. The van der Waals surface area contributed by atoms with Crippen molar-refractivity contribution < 1.29 is 9.53 Å². The van der Waals surface area contributed by atoms with Gasteiger partial charge < -0.3 is 15.4 Å². The quantitative estimate of drug-likeness (QED) is 0.845. The van der Waals surface area contributed by atoms with Crippen molar-refractivity contribution in [1.82, 2.24) is 5.32 Å². The summed E-state index contributed by atoms with van der Waals surface area (Å²) >= 11 is 6.05. The zero-order valence-electron chi connectivity index (χ0n) is 12.9. The van der Waals surface area contributed by atoms with Gasteiger partial charge in [0.1, 0.15) is 5.76 Å². The third-order valence-electron chi connectivity index (χ3n) is 3.66. The number of carbonyl (C=O) groups is 1. The normalized spacial score (nSPS) is 16.9. The second kappa shape index (κ2) is 7.90. The lowest BCUT2D eigenvalue weighted by molar-refractivity contribution is -0.119. The molecule has 22 heavy (non-hydrogen) atoms. The van der Waals surface area contributed by atoms with Gasteiger partial charge in [0.05, 0.1) is 13.7 Å². The van der Waals surface area contributed by atoms with Gasteiger partial charge in [0.2, 0.25) is 5.91 Å². The standard InChI is InChI=1S/C17H21ClN2O2/c1-12-15(18)4-3-5-16(12)19-11-17(21)20-10-13-6-8-14(22-2)9-7-13/h3-6,8-9,13,19H,7,10-11H2,1-2H3,(H,20,21)/t13-/m0/s1. The van der Waals surface area contributed by atoms with Gasteiger partial charge in [-0.25, -0.2) is 0 Å². The molecular formula is C17H21ClN2O2. The van der Waals surface area contributed by atoms with Crippen molar-refractivity contribution >= 4 is 23.2 Å². The molecule has 1 aromatic carbocycles. The lowest BCUT2D eigenvalue weighted by atomic mass is 10.00. The number of anilines is 1. The Hall–Kier alpha value is -1.94. The van der Waals surface area contributed by atoms with Crippen LogP contribution in [0, 0.1) is 12.8 Å². The van der Waals surface area contributed by atoms with Crippen LogP contribution in [0.3, 0.4) is 0 Å². The van der Waals surface area contributed by atoms with Gasteiger partial charge >= 0.3 is 0 Å². The van der Waals surface area contributed by atoms with Crippen LogP contribution in [0.1, 0.15) is 12.0 Å². The Balaban J connectivity index is 1.74. The van der Waals surface area contributed by atoms with Crippen molar-refractivity contribution in [2.75, 3.05) is 25.5 Å². The highest BCUT2D eigenvalue weighted by Crippen LogP contribution is 2.22. The minimum atomic E-state index is -0.0331. The van der Waals surface area contributed by atoms with Gasteiger partial charge in [-0.3, -0.25) is 4.79 Å². The van der Waals surface area contributed by atoms with Crippen LogP contribution in [0.25, 0.3) is 0 Å². The van der Waals surface area contributed by atoms with Crippen molar-refractivity contribution in [3.8, 4) is 0 Å². The number of carbonyl (C=O) groups excluding carboxylic acids is 1. The second-order valence-electron chi connectivity index (χ2n) is 5.24. The van der Waals surface area contributed by atoms with Gasteiger partial charge in [0.25, 0.3) is 0 Å². The van der Waals surface area contributed by atoms with Gasteiger partial charge in [-0.1, -0.05) is 23.7 Å². The average molecular weight is 321 g/mol. The number of allylic oxidation sites excluding steroid dienone is 2. The minimum absolute atomic E-state index is 0.0331. The molecule has 4 nitrogen and oxygen atoms in total. The van der Waals surface area contributed by atoms with Crippen LogP contribution >= 0.6 is 11.6 Å². The van der Waals surface area contributed by atoms with Crippen LogP contribution in [-0.4, -0.2) is 26.1 Å². The fourth-order valence-corrected chi connectivity index (χ4v) is 2.40. The molecule has 1 amide bonds. The smallest absolute Gasteiger partial charge is 0.239 e. The number of methoxy groups -OCH3 is 1. The summed E-state index contributed by atoms with van der Waals surface area (Å²) in [6.45, 7) is 2.78. The summed E-state index contributed by atoms with van der Waals surface area (Å²) in [6.07, 6.45) is 6.91. The Kier molecular flexibility index (Phi) is 5.90. The third kappa shape index (κ3) is 4.53. The molecule has 0 saturated carbocycles. The minimum Gasteiger partial charge on any atom is -0.497 e. The predicted octanol–water partition coefficient (Wildman–Crippen LogP) is 3.28. The molecule has 2 N–H and O–H groups in total. The molecular weight excluding hydrogens is 300 g/mol. The van der Waals surface area contributed by atoms with E-state index >= 15 is 0 Å². The zero-order valence-corrected chi connectivity index (χ0v) is 13.6. The molecule has 1 atom stereocenters. The van der Waals surface area contributed by atoms with Crippen LogP contribution in [0.15, 0.2) is 42.2 Å². The fourth-order valence-electron chi connectivity index (χ4n) is 2.23. The predicted molar refractivity (Wildman–Crippen MR) is 90.0 cm³/mol. The van der Waals surface area contributed by atoms with Crippen LogP contribution in [0.2, 0.25) is 5.02 Å². The maximum Gasteiger partial charge on any atom is 0.239 e. The van der Waals surface area contributed by atoms with Gasteiger partial charge in [-0.2, -0.15) is 0 Å². The first kappa shape index (κ1) is 16.4. The van der Waals surface area contributed by atoms with E-state index in [0.29, 0.717) is 17.5 Å². The van der Waals surface area contributed by atoms with Gasteiger partial charge in [0.15, 0.2) is 0 Å². The monoisotopic (exact) mass is 320 g/mol. The van der Waals surface area contributed by atoms with E-state index in [-0.39, 0.29) is 12.5 Å². The van der Waals surface area contributed by atoms with Crippen molar-refractivity contribution in [2.45, 2.75) is 13.3 Å². The molecule has 0 heterocycles. The van der Waals surface area contributed by atoms with E-state index in [1.54, 1.807) is 7.11 Å². The van der Waals surface area contributed by atoms with E-state index in [2.05, 4.69) is 16.7 Å². The number of hydrogen-bond donors (Lipinski definition) is 2. The first-order chi connectivity index (χ1) is 10.6. The summed E-state index contributed by atoms with van der Waals surface area (Å²) < 4.78 is 5.14. The van der Waals surface area contributed by atoms with E-state index in [4.69, 9.17) is 16.3 Å². The lowest BCUT2D eigenvalue weighted by Gasteiger charge is -2.16. The number of halogens is 1. The number of nitrogens with one attached hydrogen (secondary N) is 2.